The third-order valence-electron chi connectivity index (χ3n) is 3.45. The molecule has 7 nitrogen and oxygen atoms in total. The maximum absolute atomic E-state index is 12.0. The van der Waals surface area contributed by atoms with E-state index >= 15 is 0 Å². The molecule has 1 aromatic carbocycles. The Morgan fingerprint density at radius 2 is 1.67 bits per heavy atom. The molecule has 0 saturated heterocycles. The van der Waals surface area contributed by atoms with Crippen LogP contribution in [0, 0.1) is 0 Å². The van der Waals surface area contributed by atoms with Gasteiger partial charge in [-0.15, -0.1) is 0 Å². The second kappa shape index (κ2) is 8.05. The summed E-state index contributed by atoms with van der Waals surface area (Å²) in [6, 6.07) is 9.72. The molecule has 1 aromatic heterocycles. The van der Waals surface area contributed by atoms with Gasteiger partial charge in [-0.2, -0.15) is 5.10 Å². The molecule has 7 heteroatoms. The monoisotopic (exact) mass is 328 g/mol. The molecule has 0 aliphatic rings. The summed E-state index contributed by atoms with van der Waals surface area (Å²) in [5, 5.41) is 3.98. The number of hydrazine groups is 1. The number of benzene rings is 1. The SMILES string of the molecule is CCCn1nc(C(=O)NNC(=O)c2ccc(CC)cc2)ccc1=O. The summed E-state index contributed by atoms with van der Waals surface area (Å²) in [4.78, 5) is 35.6. The average Bonchev–Trinajstić information content (AvgIpc) is 2.61. The van der Waals surface area contributed by atoms with E-state index in [0.29, 0.717) is 12.1 Å². The Morgan fingerprint density at radius 3 is 2.29 bits per heavy atom. The maximum Gasteiger partial charge on any atom is 0.290 e. The van der Waals surface area contributed by atoms with Crippen LogP contribution in [0.1, 0.15) is 46.7 Å². The van der Waals surface area contributed by atoms with Gasteiger partial charge in [0.1, 0.15) is 0 Å². The van der Waals surface area contributed by atoms with Crippen molar-refractivity contribution >= 4 is 11.8 Å². The molecule has 2 aromatic rings. The zero-order valence-corrected chi connectivity index (χ0v) is 13.7. The van der Waals surface area contributed by atoms with Gasteiger partial charge in [-0.1, -0.05) is 26.0 Å². The van der Waals surface area contributed by atoms with Gasteiger partial charge in [0.15, 0.2) is 5.69 Å². The summed E-state index contributed by atoms with van der Waals surface area (Å²) in [6.07, 6.45) is 1.61. The molecule has 2 N–H and O–H groups in total. The van der Waals surface area contributed by atoms with Crippen LogP contribution >= 0.6 is 0 Å². The minimum Gasteiger partial charge on any atom is -0.268 e. The van der Waals surface area contributed by atoms with Crippen molar-refractivity contribution in [1.82, 2.24) is 20.6 Å². The van der Waals surface area contributed by atoms with E-state index in [2.05, 4.69) is 16.0 Å². The van der Waals surface area contributed by atoms with Crippen LogP contribution in [-0.2, 0) is 13.0 Å². The van der Waals surface area contributed by atoms with E-state index < -0.39 is 11.8 Å². The summed E-state index contributed by atoms with van der Waals surface area (Å²) >= 11 is 0. The summed E-state index contributed by atoms with van der Waals surface area (Å²) in [5.41, 5.74) is 5.99. The highest BCUT2D eigenvalue weighted by molar-refractivity contribution is 5.98. The van der Waals surface area contributed by atoms with E-state index in [-0.39, 0.29) is 11.3 Å². The molecule has 0 radical (unpaired) electrons. The molecule has 0 fully saturated rings. The lowest BCUT2D eigenvalue weighted by Gasteiger charge is -2.08. The van der Waals surface area contributed by atoms with Gasteiger partial charge in [0.2, 0.25) is 0 Å². The van der Waals surface area contributed by atoms with Crippen LogP contribution in [0.15, 0.2) is 41.2 Å². The first kappa shape index (κ1) is 17.4. The summed E-state index contributed by atoms with van der Waals surface area (Å²) < 4.78 is 1.22. The number of rotatable bonds is 5. The second-order valence-corrected chi connectivity index (χ2v) is 5.24. The fourth-order valence-corrected chi connectivity index (χ4v) is 2.08. The average molecular weight is 328 g/mol. The Bertz CT molecular complexity index is 781. The summed E-state index contributed by atoms with van der Waals surface area (Å²) in [7, 11) is 0. The van der Waals surface area contributed by atoms with E-state index in [9.17, 15) is 14.4 Å². The van der Waals surface area contributed by atoms with Crippen LogP contribution in [0.5, 0.6) is 0 Å². The van der Waals surface area contributed by atoms with Gasteiger partial charge in [-0.05, 0) is 36.6 Å². The van der Waals surface area contributed by atoms with Crippen molar-refractivity contribution in [2.24, 2.45) is 0 Å². The molecule has 0 bridgehead atoms. The topological polar surface area (TPSA) is 93.1 Å². The van der Waals surface area contributed by atoms with E-state index in [1.165, 1.54) is 16.8 Å². The van der Waals surface area contributed by atoms with E-state index in [1.54, 1.807) is 12.1 Å². The molecule has 24 heavy (non-hydrogen) atoms. The van der Waals surface area contributed by atoms with E-state index in [1.807, 2.05) is 26.0 Å². The highest BCUT2D eigenvalue weighted by atomic mass is 16.2. The molecule has 0 aliphatic heterocycles. The lowest BCUT2D eigenvalue weighted by atomic mass is 10.1. The minimum absolute atomic E-state index is 0.0599. The molecular weight excluding hydrogens is 308 g/mol. The molecular formula is C17H20N4O3. The van der Waals surface area contributed by atoms with Gasteiger partial charge < -0.3 is 0 Å². The highest BCUT2D eigenvalue weighted by Gasteiger charge is 2.11. The van der Waals surface area contributed by atoms with Gasteiger partial charge in [-0.25, -0.2) is 4.68 Å². The Balaban J connectivity index is 2.00. The predicted octanol–water partition coefficient (Wildman–Crippen LogP) is 1.29. The van der Waals surface area contributed by atoms with Crippen LogP contribution < -0.4 is 16.4 Å². The fourth-order valence-electron chi connectivity index (χ4n) is 2.08. The minimum atomic E-state index is -0.585. The first-order chi connectivity index (χ1) is 11.5. The number of hydrogen-bond donors (Lipinski definition) is 2. The maximum atomic E-state index is 12.0. The number of aromatic nitrogens is 2. The van der Waals surface area contributed by atoms with Gasteiger partial charge in [0.05, 0.1) is 0 Å². The third-order valence-corrected chi connectivity index (χ3v) is 3.45. The quantitative estimate of drug-likeness (QED) is 0.809. The summed E-state index contributed by atoms with van der Waals surface area (Å²) in [6.45, 7) is 4.36. The number of aryl methyl sites for hydroxylation is 2. The molecule has 0 atom stereocenters. The van der Waals surface area contributed by atoms with Gasteiger partial charge in [-0.3, -0.25) is 25.2 Å². The van der Waals surface area contributed by atoms with E-state index in [0.717, 1.165) is 18.4 Å². The zero-order chi connectivity index (χ0) is 17.5. The Kier molecular flexibility index (Phi) is 5.83. The fraction of sp³-hybridized carbons (Fsp3) is 0.294. The van der Waals surface area contributed by atoms with Gasteiger partial charge in [0, 0.05) is 18.2 Å². The van der Waals surface area contributed by atoms with Crippen molar-refractivity contribution in [2.45, 2.75) is 33.2 Å². The lowest BCUT2D eigenvalue weighted by Crippen LogP contribution is -2.42. The number of nitrogens with zero attached hydrogens (tertiary/aromatic N) is 2. The lowest BCUT2D eigenvalue weighted by molar-refractivity contribution is 0.0842. The zero-order valence-electron chi connectivity index (χ0n) is 13.7. The van der Waals surface area contributed by atoms with Crippen molar-refractivity contribution in [2.75, 3.05) is 0 Å². The van der Waals surface area contributed by atoms with Crippen LogP contribution in [0.3, 0.4) is 0 Å². The molecule has 2 rings (SSSR count). The molecule has 126 valence electrons. The third kappa shape index (κ3) is 4.28. The number of hydrogen-bond acceptors (Lipinski definition) is 4. The van der Waals surface area contributed by atoms with E-state index in [4.69, 9.17) is 0 Å². The Hall–Kier alpha value is -2.96. The molecule has 0 unspecified atom stereocenters. The summed E-state index contributed by atoms with van der Waals surface area (Å²) in [5.74, 6) is -1.01. The van der Waals surface area contributed by atoms with Crippen LogP contribution in [0.25, 0.3) is 0 Å². The van der Waals surface area contributed by atoms with Crippen LogP contribution in [-0.4, -0.2) is 21.6 Å². The Labute approximate surface area is 139 Å². The normalized spacial score (nSPS) is 10.2. The highest BCUT2D eigenvalue weighted by Crippen LogP contribution is 2.04. The molecule has 0 aliphatic carbocycles. The standard InChI is InChI=1S/C17H20N4O3/c1-3-11-21-15(22)10-9-14(20-21)17(24)19-18-16(23)13-7-5-12(4-2)6-8-13/h5-10H,3-4,11H2,1-2H3,(H,18,23)(H,19,24). The first-order valence-electron chi connectivity index (χ1n) is 7.83. The Morgan fingerprint density at radius 1 is 1.00 bits per heavy atom. The number of carbonyl (C=O) groups excluding carboxylic acids is 2. The largest absolute Gasteiger partial charge is 0.290 e. The number of amides is 2. The molecule has 1 heterocycles. The van der Waals surface area contributed by atoms with Crippen molar-refractivity contribution in [1.29, 1.82) is 0 Å². The smallest absolute Gasteiger partial charge is 0.268 e. The van der Waals surface area contributed by atoms with Crippen molar-refractivity contribution in [3.8, 4) is 0 Å². The predicted molar refractivity (Wildman–Crippen MR) is 89.5 cm³/mol. The van der Waals surface area contributed by atoms with Crippen molar-refractivity contribution in [3.05, 3.63) is 63.6 Å². The number of carbonyl (C=O) groups is 2. The molecule has 2 amide bonds. The van der Waals surface area contributed by atoms with Gasteiger partial charge >= 0.3 is 0 Å². The molecule has 0 saturated carbocycles. The van der Waals surface area contributed by atoms with Crippen molar-refractivity contribution < 1.29 is 9.59 Å². The second-order valence-electron chi connectivity index (χ2n) is 5.24. The van der Waals surface area contributed by atoms with Crippen LogP contribution in [0.2, 0.25) is 0 Å². The van der Waals surface area contributed by atoms with Crippen molar-refractivity contribution in [3.63, 3.8) is 0 Å². The molecule has 0 spiro atoms. The number of nitrogens with one attached hydrogen (secondary N) is 2. The van der Waals surface area contributed by atoms with Gasteiger partial charge in [0.25, 0.3) is 17.4 Å². The first-order valence-corrected chi connectivity index (χ1v) is 7.83. The van der Waals surface area contributed by atoms with Crippen LogP contribution in [0.4, 0.5) is 0 Å².